The van der Waals surface area contributed by atoms with E-state index in [1.807, 2.05) is 6.07 Å². The molecule has 0 radical (unpaired) electrons. The van der Waals surface area contributed by atoms with E-state index in [2.05, 4.69) is 15.4 Å². The Hall–Kier alpha value is -3.75. The molecule has 3 N–H and O–H groups in total. The van der Waals surface area contributed by atoms with Crippen molar-refractivity contribution in [3.63, 3.8) is 0 Å². The first kappa shape index (κ1) is 21.5. The Labute approximate surface area is 191 Å². The molecule has 7 nitrogen and oxygen atoms in total. The number of nitrogens with two attached hydrogens (primary N) is 1. The molecule has 32 heavy (non-hydrogen) atoms. The summed E-state index contributed by atoms with van der Waals surface area (Å²) in [4.78, 5) is 28.7. The Bertz CT molecular complexity index is 1340. The number of nitrogens with zero attached hydrogens (tertiary/aromatic N) is 3. The summed E-state index contributed by atoms with van der Waals surface area (Å²) in [7, 11) is 0. The molecule has 4 rings (SSSR count). The van der Waals surface area contributed by atoms with Gasteiger partial charge in [0.25, 0.3) is 11.8 Å². The van der Waals surface area contributed by atoms with Gasteiger partial charge in [0, 0.05) is 11.6 Å². The minimum atomic E-state index is -0.743. The number of amides is 2. The van der Waals surface area contributed by atoms with Gasteiger partial charge in [-0.1, -0.05) is 47.5 Å². The Kier molecular flexibility index (Phi) is 5.89. The molecule has 10 heteroatoms. The Morgan fingerprint density at radius 2 is 1.75 bits per heavy atom. The van der Waals surface area contributed by atoms with Crippen LogP contribution < -0.4 is 11.1 Å². The first-order valence-electron chi connectivity index (χ1n) is 9.21. The molecular formula is C22H14Cl2FN5O2. The summed E-state index contributed by atoms with van der Waals surface area (Å²) in [5.74, 6) is -1.67. The number of rotatable bonds is 5. The monoisotopic (exact) mass is 469 g/mol. The Balaban J connectivity index is 1.71. The smallest absolute Gasteiger partial charge is 0.269 e. The number of pyridine rings is 1. The van der Waals surface area contributed by atoms with Crippen LogP contribution in [-0.2, 0) is 0 Å². The number of primary amides is 1. The Morgan fingerprint density at radius 3 is 2.44 bits per heavy atom. The van der Waals surface area contributed by atoms with Crippen LogP contribution in [0.15, 0.2) is 66.9 Å². The SMILES string of the molecule is NC(=O)c1cc(NC(=O)c2cc(-c3ncc(F)cc3Cl)ccc2Cl)n(-c2ccccc2)n1. The molecule has 0 aliphatic carbocycles. The molecule has 0 atom stereocenters. The summed E-state index contributed by atoms with van der Waals surface area (Å²) in [6.45, 7) is 0. The standard InChI is InChI=1S/C22H14Cl2FN5O2/c23-16-7-6-12(20-17(24)9-13(25)11-27-20)8-15(16)22(32)28-19-10-18(21(26)31)29-30(19)14-4-2-1-3-5-14/h1-11H,(H2,26,31)(H,28,32). The second kappa shape index (κ2) is 8.78. The van der Waals surface area contributed by atoms with Crippen molar-refractivity contribution < 1.29 is 14.0 Å². The molecule has 2 aromatic carbocycles. The molecule has 0 saturated heterocycles. The van der Waals surface area contributed by atoms with Gasteiger partial charge in [0.05, 0.1) is 33.2 Å². The van der Waals surface area contributed by atoms with Crippen molar-refractivity contribution in [3.8, 4) is 16.9 Å². The lowest BCUT2D eigenvalue weighted by atomic mass is 10.1. The van der Waals surface area contributed by atoms with E-state index in [1.165, 1.54) is 22.9 Å². The highest BCUT2D eigenvalue weighted by Crippen LogP contribution is 2.30. The third-order valence-corrected chi connectivity index (χ3v) is 5.11. The summed E-state index contributed by atoms with van der Waals surface area (Å²) in [6, 6.07) is 16.0. The molecule has 2 aromatic heterocycles. The van der Waals surface area contributed by atoms with E-state index < -0.39 is 17.6 Å². The van der Waals surface area contributed by atoms with Crippen molar-refractivity contribution in [2.75, 3.05) is 5.32 Å². The van der Waals surface area contributed by atoms with Crippen LogP contribution in [0.3, 0.4) is 0 Å². The largest absolute Gasteiger partial charge is 0.364 e. The molecule has 2 heterocycles. The number of anilines is 1. The summed E-state index contributed by atoms with van der Waals surface area (Å²) >= 11 is 12.3. The maximum atomic E-state index is 13.3. The molecular weight excluding hydrogens is 456 g/mol. The van der Waals surface area contributed by atoms with E-state index in [-0.39, 0.29) is 27.1 Å². The van der Waals surface area contributed by atoms with E-state index in [4.69, 9.17) is 28.9 Å². The lowest BCUT2D eigenvalue weighted by Gasteiger charge is -2.11. The predicted octanol–water partition coefficient (Wildman–Crippen LogP) is 4.73. The van der Waals surface area contributed by atoms with Crippen LogP contribution in [0.4, 0.5) is 10.2 Å². The van der Waals surface area contributed by atoms with E-state index in [1.54, 1.807) is 30.3 Å². The number of halogens is 3. The number of para-hydroxylation sites is 1. The summed E-state index contributed by atoms with van der Waals surface area (Å²) in [5, 5.41) is 7.13. The van der Waals surface area contributed by atoms with Gasteiger partial charge in [0.2, 0.25) is 0 Å². The van der Waals surface area contributed by atoms with Crippen LogP contribution in [0.5, 0.6) is 0 Å². The van der Waals surface area contributed by atoms with Crippen LogP contribution in [0, 0.1) is 5.82 Å². The van der Waals surface area contributed by atoms with Gasteiger partial charge in [-0.15, -0.1) is 0 Å². The third kappa shape index (κ3) is 4.32. The minimum Gasteiger partial charge on any atom is -0.364 e. The number of carbonyl (C=O) groups is 2. The normalized spacial score (nSPS) is 10.7. The highest BCUT2D eigenvalue weighted by atomic mass is 35.5. The third-order valence-electron chi connectivity index (χ3n) is 4.50. The van der Waals surface area contributed by atoms with Gasteiger partial charge >= 0.3 is 0 Å². The average molecular weight is 470 g/mol. The highest BCUT2D eigenvalue weighted by molar-refractivity contribution is 6.35. The van der Waals surface area contributed by atoms with Gasteiger partial charge in [-0.25, -0.2) is 9.07 Å². The first-order valence-corrected chi connectivity index (χ1v) is 9.96. The number of hydrogen-bond donors (Lipinski definition) is 2. The number of aromatic nitrogens is 3. The van der Waals surface area contributed by atoms with Crippen LogP contribution >= 0.6 is 23.2 Å². The number of benzene rings is 2. The average Bonchev–Trinajstić information content (AvgIpc) is 3.19. The molecule has 0 aliphatic rings. The van der Waals surface area contributed by atoms with Crippen LogP contribution in [0.2, 0.25) is 10.0 Å². The van der Waals surface area contributed by atoms with E-state index >= 15 is 0 Å². The zero-order chi connectivity index (χ0) is 22.8. The van der Waals surface area contributed by atoms with Gasteiger partial charge in [-0.05, 0) is 30.3 Å². The number of carbonyl (C=O) groups excluding carboxylic acids is 2. The lowest BCUT2D eigenvalue weighted by Crippen LogP contribution is -2.16. The zero-order valence-electron chi connectivity index (χ0n) is 16.2. The topological polar surface area (TPSA) is 103 Å². The highest BCUT2D eigenvalue weighted by Gasteiger charge is 2.19. The van der Waals surface area contributed by atoms with Crippen molar-refractivity contribution in [3.05, 3.63) is 94.0 Å². The van der Waals surface area contributed by atoms with Gasteiger partial charge in [0.1, 0.15) is 11.6 Å². The predicted molar refractivity (Wildman–Crippen MR) is 120 cm³/mol. The molecule has 0 bridgehead atoms. The van der Waals surface area contributed by atoms with Crippen molar-refractivity contribution in [1.82, 2.24) is 14.8 Å². The fourth-order valence-corrected chi connectivity index (χ4v) is 3.48. The fourth-order valence-electron chi connectivity index (χ4n) is 3.01. The van der Waals surface area contributed by atoms with Crippen LogP contribution in [0.25, 0.3) is 16.9 Å². The molecule has 0 spiro atoms. The fraction of sp³-hybridized carbons (Fsp3) is 0. The molecule has 0 fully saturated rings. The quantitative estimate of drug-likeness (QED) is 0.440. The minimum absolute atomic E-state index is 0.0219. The second-order valence-electron chi connectivity index (χ2n) is 6.66. The van der Waals surface area contributed by atoms with Gasteiger partial charge in [-0.3, -0.25) is 14.6 Å². The van der Waals surface area contributed by atoms with E-state index in [0.717, 1.165) is 12.3 Å². The maximum Gasteiger partial charge on any atom is 0.269 e. The van der Waals surface area contributed by atoms with Crippen molar-refractivity contribution in [2.45, 2.75) is 0 Å². The van der Waals surface area contributed by atoms with Crippen LogP contribution in [-0.4, -0.2) is 26.6 Å². The molecule has 2 amide bonds. The maximum absolute atomic E-state index is 13.3. The molecule has 160 valence electrons. The molecule has 0 unspecified atom stereocenters. The molecule has 4 aromatic rings. The number of nitrogens with one attached hydrogen (secondary N) is 1. The zero-order valence-corrected chi connectivity index (χ0v) is 17.7. The van der Waals surface area contributed by atoms with Crippen LogP contribution in [0.1, 0.15) is 20.8 Å². The van der Waals surface area contributed by atoms with E-state index in [0.29, 0.717) is 16.9 Å². The lowest BCUT2D eigenvalue weighted by molar-refractivity contribution is 0.0992. The first-order chi connectivity index (χ1) is 15.3. The van der Waals surface area contributed by atoms with E-state index in [9.17, 15) is 14.0 Å². The second-order valence-corrected chi connectivity index (χ2v) is 7.47. The van der Waals surface area contributed by atoms with Gasteiger partial charge in [-0.2, -0.15) is 5.10 Å². The van der Waals surface area contributed by atoms with Crippen molar-refractivity contribution in [2.24, 2.45) is 5.73 Å². The number of hydrogen-bond acceptors (Lipinski definition) is 4. The summed E-state index contributed by atoms with van der Waals surface area (Å²) in [6.07, 6.45) is 1.03. The van der Waals surface area contributed by atoms with Crippen molar-refractivity contribution >= 4 is 40.8 Å². The molecule has 0 aliphatic heterocycles. The van der Waals surface area contributed by atoms with Gasteiger partial charge in [0.15, 0.2) is 5.69 Å². The summed E-state index contributed by atoms with van der Waals surface area (Å²) < 4.78 is 14.7. The van der Waals surface area contributed by atoms with Crippen molar-refractivity contribution in [1.29, 1.82) is 0 Å². The Morgan fingerprint density at radius 1 is 1.00 bits per heavy atom. The molecule has 0 saturated carbocycles. The van der Waals surface area contributed by atoms with Gasteiger partial charge < -0.3 is 11.1 Å². The summed E-state index contributed by atoms with van der Waals surface area (Å²) in [5.41, 5.74) is 6.83.